The zero-order valence-corrected chi connectivity index (χ0v) is 18.8. The molecule has 5 rings (SSSR count). The Morgan fingerprint density at radius 3 is 2.58 bits per heavy atom. The van der Waals surface area contributed by atoms with Crippen molar-refractivity contribution in [2.75, 3.05) is 25.0 Å². The Balaban J connectivity index is 1.25. The summed E-state index contributed by atoms with van der Waals surface area (Å²) in [6, 6.07) is 19.5. The number of rotatable bonds is 4. The van der Waals surface area contributed by atoms with Gasteiger partial charge in [0.1, 0.15) is 11.4 Å². The van der Waals surface area contributed by atoms with Crippen LogP contribution in [0.4, 0.5) is 5.69 Å². The van der Waals surface area contributed by atoms with Crippen LogP contribution in [0.5, 0.6) is 5.75 Å². The van der Waals surface area contributed by atoms with Gasteiger partial charge in [0.05, 0.1) is 12.2 Å². The number of hydrogen-bond acceptors (Lipinski definition) is 5. The highest BCUT2D eigenvalue weighted by Gasteiger charge is 2.43. The molecule has 6 nitrogen and oxygen atoms in total. The summed E-state index contributed by atoms with van der Waals surface area (Å²) >= 11 is 0. The van der Waals surface area contributed by atoms with Gasteiger partial charge < -0.3 is 25.2 Å². The zero-order valence-electron chi connectivity index (χ0n) is 18.8. The Labute approximate surface area is 193 Å². The number of likely N-dealkylation sites (tertiary alicyclic amines) is 1. The van der Waals surface area contributed by atoms with Gasteiger partial charge in [0.15, 0.2) is 0 Å². The van der Waals surface area contributed by atoms with E-state index in [1.807, 2.05) is 48.5 Å². The molecule has 1 fully saturated rings. The van der Waals surface area contributed by atoms with Crippen LogP contribution in [0.3, 0.4) is 0 Å². The maximum Gasteiger partial charge on any atom is 0.221 e. The van der Waals surface area contributed by atoms with Crippen molar-refractivity contribution in [2.24, 2.45) is 0 Å². The molecule has 0 aromatic heterocycles. The van der Waals surface area contributed by atoms with Crippen molar-refractivity contribution in [2.45, 2.75) is 44.0 Å². The molecule has 1 amide bonds. The first-order valence-electron chi connectivity index (χ1n) is 11.6. The molecule has 0 radical (unpaired) electrons. The largest absolute Gasteiger partial charge is 0.486 e. The molecule has 1 saturated heterocycles. The lowest BCUT2D eigenvalue weighted by Crippen LogP contribution is -2.51. The predicted molar refractivity (Wildman–Crippen MR) is 128 cm³/mol. The second-order valence-corrected chi connectivity index (χ2v) is 9.33. The average Bonchev–Trinajstić information content (AvgIpc) is 2.81. The van der Waals surface area contributed by atoms with Crippen molar-refractivity contribution in [3.63, 3.8) is 0 Å². The van der Waals surface area contributed by atoms with Gasteiger partial charge in [-0.1, -0.05) is 48.5 Å². The average molecular weight is 447 g/mol. The van der Waals surface area contributed by atoms with Crippen molar-refractivity contribution in [1.82, 2.24) is 4.90 Å². The molecule has 6 heteroatoms. The van der Waals surface area contributed by atoms with Crippen LogP contribution in [0.15, 0.2) is 60.7 Å². The molecule has 2 atom stereocenters. The first-order chi connectivity index (χ1) is 15.9. The smallest absolute Gasteiger partial charge is 0.221 e. The van der Waals surface area contributed by atoms with Crippen LogP contribution in [0, 0.1) is 0 Å². The van der Waals surface area contributed by atoms with E-state index < -0.39 is 12.2 Å². The summed E-state index contributed by atoms with van der Waals surface area (Å²) in [5.74, 6) is 0.704. The lowest BCUT2D eigenvalue weighted by atomic mass is 9.81. The molecule has 2 aliphatic heterocycles. The molecule has 2 heterocycles. The number of hydrogen-bond donors (Lipinski definition) is 3. The fourth-order valence-corrected chi connectivity index (χ4v) is 5.15. The number of carbonyl (C=O) groups is 1. The number of β-amino-alcohol motifs (C(OH)–C–C–N with tert-alkyl or cyclic N) is 1. The Morgan fingerprint density at radius 1 is 1.12 bits per heavy atom. The number of ether oxygens (including phenoxy) is 1. The molecular weight excluding hydrogens is 416 g/mol. The van der Waals surface area contributed by atoms with E-state index in [-0.39, 0.29) is 11.5 Å². The van der Waals surface area contributed by atoms with Crippen LogP contribution in [0.2, 0.25) is 0 Å². The highest BCUT2D eigenvalue weighted by atomic mass is 16.5. The van der Waals surface area contributed by atoms with E-state index in [4.69, 9.17) is 4.74 Å². The van der Waals surface area contributed by atoms with Gasteiger partial charge >= 0.3 is 0 Å². The molecule has 2 aliphatic rings. The van der Waals surface area contributed by atoms with E-state index in [1.54, 1.807) is 0 Å². The van der Waals surface area contributed by atoms with Gasteiger partial charge in [0.25, 0.3) is 0 Å². The molecule has 3 aromatic rings. The quantitative estimate of drug-likeness (QED) is 0.560. The molecule has 0 saturated carbocycles. The SMILES string of the molecule is CC(=O)Nc1ccc([C@@H](O)CN2CCC3(CC2)C[C@@H](O)c2ccc4ccccc4c2O3)cc1. The fraction of sp³-hybridized carbons (Fsp3) is 0.370. The summed E-state index contributed by atoms with van der Waals surface area (Å²) in [6.45, 7) is 3.61. The number of benzene rings is 3. The maximum atomic E-state index is 11.2. The first-order valence-corrected chi connectivity index (χ1v) is 11.6. The number of nitrogens with one attached hydrogen (secondary N) is 1. The first kappa shape index (κ1) is 21.9. The van der Waals surface area contributed by atoms with Crippen molar-refractivity contribution in [3.05, 3.63) is 71.8 Å². The van der Waals surface area contributed by atoms with Crippen LogP contribution < -0.4 is 10.1 Å². The zero-order chi connectivity index (χ0) is 23.0. The van der Waals surface area contributed by atoms with Gasteiger partial charge in [-0.2, -0.15) is 0 Å². The summed E-state index contributed by atoms with van der Waals surface area (Å²) < 4.78 is 6.64. The fourth-order valence-electron chi connectivity index (χ4n) is 5.15. The van der Waals surface area contributed by atoms with Crippen LogP contribution in [-0.2, 0) is 4.79 Å². The summed E-state index contributed by atoms with van der Waals surface area (Å²) in [5.41, 5.74) is 2.05. The Hall–Kier alpha value is -2.93. The minimum atomic E-state index is -0.604. The molecular formula is C27H30N2O4. The van der Waals surface area contributed by atoms with Gasteiger partial charge in [-0.05, 0) is 35.9 Å². The molecule has 0 aliphatic carbocycles. The predicted octanol–water partition coefficient (Wildman–Crippen LogP) is 4.18. The Kier molecular flexibility index (Phi) is 5.83. The second-order valence-electron chi connectivity index (χ2n) is 9.33. The van der Waals surface area contributed by atoms with Gasteiger partial charge in [-0.25, -0.2) is 0 Å². The number of amides is 1. The van der Waals surface area contributed by atoms with E-state index in [2.05, 4.69) is 22.3 Å². The molecule has 3 aromatic carbocycles. The number of carbonyl (C=O) groups excluding carboxylic acids is 1. The summed E-state index contributed by atoms with van der Waals surface area (Å²) in [6.07, 6.45) is 1.08. The van der Waals surface area contributed by atoms with Crippen LogP contribution >= 0.6 is 0 Å². The number of piperidine rings is 1. The molecule has 1 spiro atoms. The maximum absolute atomic E-state index is 11.2. The van der Waals surface area contributed by atoms with E-state index >= 15 is 0 Å². The summed E-state index contributed by atoms with van der Waals surface area (Å²) in [4.78, 5) is 13.4. The minimum absolute atomic E-state index is 0.115. The summed E-state index contributed by atoms with van der Waals surface area (Å²) in [5, 5.41) is 26.6. The van der Waals surface area contributed by atoms with Crippen molar-refractivity contribution in [3.8, 4) is 5.75 Å². The second kappa shape index (κ2) is 8.78. The normalized spacial score (nSPS) is 20.8. The third-order valence-corrected chi connectivity index (χ3v) is 6.97. The molecule has 172 valence electrons. The van der Waals surface area contributed by atoms with Gasteiger partial charge in [0, 0.05) is 49.6 Å². The van der Waals surface area contributed by atoms with Crippen LogP contribution in [0.1, 0.15) is 49.5 Å². The molecule has 3 N–H and O–H groups in total. The van der Waals surface area contributed by atoms with E-state index in [0.717, 1.165) is 59.3 Å². The number of aliphatic hydroxyl groups is 2. The molecule has 33 heavy (non-hydrogen) atoms. The lowest BCUT2D eigenvalue weighted by Gasteiger charge is -2.46. The van der Waals surface area contributed by atoms with Crippen molar-refractivity contribution in [1.29, 1.82) is 0 Å². The third kappa shape index (κ3) is 4.47. The molecule has 0 unspecified atom stereocenters. The standard InChI is InChI=1S/C27H30N2O4/c1-18(30)28-21-9-6-20(7-10-21)25(32)17-29-14-12-27(13-15-29)16-24(31)23-11-8-19-4-2-3-5-22(19)26(23)33-27/h2-11,24-25,31-32H,12-17H2,1H3,(H,28,30)/t24-,25+/m1/s1. The Bertz CT molecular complexity index is 1150. The monoisotopic (exact) mass is 446 g/mol. The van der Waals surface area contributed by atoms with Crippen molar-refractivity contribution >= 4 is 22.4 Å². The van der Waals surface area contributed by atoms with Crippen molar-refractivity contribution < 1.29 is 19.7 Å². The summed E-state index contributed by atoms with van der Waals surface area (Å²) in [7, 11) is 0. The molecule has 0 bridgehead atoms. The van der Waals surface area contributed by atoms with Crippen LogP contribution in [0.25, 0.3) is 10.8 Å². The number of aliphatic hydroxyl groups excluding tert-OH is 2. The van der Waals surface area contributed by atoms with E-state index in [0.29, 0.717) is 13.0 Å². The van der Waals surface area contributed by atoms with Gasteiger partial charge in [-0.15, -0.1) is 0 Å². The van der Waals surface area contributed by atoms with Gasteiger partial charge in [0.2, 0.25) is 5.91 Å². The number of fused-ring (bicyclic) bond motifs is 3. The van der Waals surface area contributed by atoms with E-state index in [9.17, 15) is 15.0 Å². The number of anilines is 1. The van der Waals surface area contributed by atoms with E-state index in [1.165, 1.54) is 6.92 Å². The highest BCUT2D eigenvalue weighted by molar-refractivity contribution is 5.90. The highest BCUT2D eigenvalue weighted by Crippen LogP contribution is 2.47. The van der Waals surface area contributed by atoms with Crippen LogP contribution in [-0.4, -0.2) is 46.3 Å². The third-order valence-electron chi connectivity index (χ3n) is 6.97. The minimum Gasteiger partial charge on any atom is -0.486 e. The topological polar surface area (TPSA) is 82.0 Å². The Morgan fingerprint density at radius 2 is 1.85 bits per heavy atom. The lowest BCUT2D eigenvalue weighted by molar-refractivity contribution is -0.114. The number of nitrogens with zero attached hydrogens (tertiary/aromatic N) is 1. The van der Waals surface area contributed by atoms with Gasteiger partial charge in [-0.3, -0.25) is 4.79 Å².